The van der Waals surface area contributed by atoms with Crippen molar-refractivity contribution in [2.75, 3.05) is 7.11 Å². The Morgan fingerprint density at radius 2 is 1.78 bits per heavy atom. The van der Waals surface area contributed by atoms with Gasteiger partial charge in [0.1, 0.15) is 5.60 Å². The third-order valence-electron chi connectivity index (χ3n) is 2.07. The molecule has 1 N–H and O–H groups in total. The molecule has 0 aromatic rings. The van der Waals surface area contributed by atoms with Crippen molar-refractivity contribution in [1.29, 1.82) is 0 Å². The minimum Gasteiger partial charge on any atom is -0.481 e. The van der Waals surface area contributed by atoms with Crippen LogP contribution in [0.3, 0.4) is 0 Å². The molecule has 0 aliphatic carbocycles. The second-order valence-electron chi connectivity index (χ2n) is 4.94. The summed E-state index contributed by atoms with van der Waals surface area (Å²) in [4.78, 5) is 33.4. The van der Waals surface area contributed by atoms with Crippen molar-refractivity contribution in [1.82, 2.24) is 0 Å². The maximum Gasteiger partial charge on any atom is 0.309 e. The number of aliphatic carboxylic acids is 1. The number of ether oxygens (including phenoxy) is 2. The Balaban J connectivity index is 4.45. The van der Waals surface area contributed by atoms with Gasteiger partial charge in [-0.2, -0.15) is 0 Å². The molecule has 0 aliphatic heterocycles. The zero-order valence-electron chi connectivity index (χ0n) is 11.2. The third-order valence-corrected chi connectivity index (χ3v) is 2.07. The molecule has 0 aromatic carbocycles. The number of methoxy groups -OCH3 is 1. The van der Waals surface area contributed by atoms with Crippen LogP contribution in [-0.4, -0.2) is 35.7 Å². The normalized spacial score (nSPS) is 12.7. The number of carbonyl (C=O) groups is 3. The maximum absolute atomic E-state index is 11.6. The van der Waals surface area contributed by atoms with Crippen molar-refractivity contribution < 1.29 is 29.0 Å². The molecule has 0 amide bonds. The van der Waals surface area contributed by atoms with Gasteiger partial charge < -0.3 is 14.6 Å². The number of carboxylic acid groups (broad SMARTS) is 1. The van der Waals surface area contributed by atoms with Gasteiger partial charge in [0, 0.05) is 6.42 Å². The fraction of sp³-hybridized carbons (Fsp3) is 0.750. The molecular weight excluding hydrogens is 240 g/mol. The Bertz CT molecular complexity index is 315. The summed E-state index contributed by atoms with van der Waals surface area (Å²) in [7, 11) is 1.20. The van der Waals surface area contributed by atoms with Crippen LogP contribution in [0.15, 0.2) is 0 Å². The lowest BCUT2D eigenvalue weighted by Gasteiger charge is -2.21. The van der Waals surface area contributed by atoms with Gasteiger partial charge in [-0.1, -0.05) is 0 Å². The first-order chi connectivity index (χ1) is 8.15. The molecule has 0 aromatic heterocycles. The second kappa shape index (κ2) is 6.98. The number of carbonyl (C=O) groups excluding carboxylic acids is 2. The molecule has 0 rings (SSSR count). The standard InChI is InChI=1S/C12H20O6/c1-12(2,3)18-10(15)7-8(11(16)17-4)5-6-9(13)14/h8H,5-7H2,1-4H3,(H,13,14). The Morgan fingerprint density at radius 3 is 2.17 bits per heavy atom. The van der Waals surface area contributed by atoms with Gasteiger partial charge >= 0.3 is 17.9 Å². The molecule has 6 heteroatoms. The molecule has 0 aliphatic rings. The molecule has 0 bridgehead atoms. The third kappa shape index (κ3) is 7.65. The van der Waals surface area contributed by atoms with Gasteiger partial charge in [0.2, 0.25) is 0 Å². The zero-order valence-corrected chi connectivity index (χ0v) is 11.2. The second-order valence-corrected chi connectivity index (χ2v) is 4.94. The highest BCUT2D eigenvalue weighted by atomic mass is 16.6. The highest BCUT2D eigenvalue weighted by molar-refractivity contribution is 5.80. The SMILES string of the molecule is COC(=O)C(CCC(=O)O)CC(=O)OC(C)(C)C. The number of carboxylic acids is 1. The van der Waals surface area contributed by atoms with Crippen LogP contribution >= 0.6 is 0 Å². The van der Waals surface area contributed by atoms with Gasteiger partial charge in [-0.05, 0) is 27.2 Å². The van der Waals surface area contributed by atoms with E-state index in [-0.39, 0.29) is 19.3 Å². The van der Waals surface area contributed by atoms with Crippen molar-refractivity contribution in [3.63, 3.8) is 0 Å². The minimum absolute atomic E-state index is 0.0568. The van der Waals surface area contributed by atoms with E-state index in [1.807, 2.05) is 0 Å². The monoisotopic (exact) mass is 260 g/mol. The molecule has 0 heterocycles. The maximum atomic E-state index is 11.6. The number of hydrogen-bond donors (Lipinski definition) is 1. The van der Waals surface area contributed by atoms with E-state index in [1.165, 1.54) is 7.11 Å². The molecule has 104 valence electrons. The summed E-state index contributed by atoms with van der Waals surface area (Å²) >= 11 is 0. The first-order valence-corrected chi connectivity index (χ1v) is 5.67. The summed E-state index contributed by atoms with van der Waals surface area (Å²) in [6.45, 7) is 5.15. The number of hydrogen-bond acceptors (Lipinski definition) is 5. The largest absolute Gasteiger partial charge is 0.481 e. The molecule has 0 radical (unpaired) electrons. The quantitative estimate of drug-likeness (QED) is 0.725. The molecule has 18 heavy (non-hydrogen) atoms. The van der Waals surface area contributed by atoms with Crippen molar-refractivity contribution >= 4 is 17.9 Å². The highest BCUT2D eigenvalue weighted by Crippen LogP contribution is 2.17. The lowest BCUT2D eigenvalue weighted by molar-refractivity contribution is -0.161. The van der Waals surface area contributed by atoms with Crippen molar-refractivity contribution in [3.05, 3.63) is 0 Å². The van der Waals surface area contributed by atoms with Crippen molar-refractivity contribution in [3.8, 4) is 0 Å². The molecule has 6 nitrogen and oxygen atoms in total. The van der Waals surface area contributed by atoms with E-state index in [1.54, 1.807) is 20.8 Å². The fourth-order valence-corrected chi connectivity index (χ4v) is 1.35. The van der Waals surface area contributed by atoms with Crippen LogP contribution < -0.4 is 0 Å². The highest BCUT2D eigenvalue weighted by Gasteiger charge is 2.26. The average molecular weight is 260 g/mol. The summed E-state index contributed by atoms with van der Waals surface area (Å²) < 4.78 is 9.61. The van der Waals surface area contributed by atoms with Crippen molar-refractivity contribution in [2.45, 2.75) is 45.6 Å². The lowest BCUT2D eigenvalue weighted by Crippen LogP contribution is -2.28. The predicted octanol–water partition coefficient (Wildman–Crippen LogP) is 1.37. The number of rotatable bonds is 6. The Morgan fingerprint density at radius 1 is 1.22 bits per heavy atom. The van der Waals surface area contributed by atoms with Crippen LogP contribution in [0, 0.1) is 5.92 Å². The predicted molar refractivity (Wildman–Crippen MR) is 62.8 cm³/mol. The minimum atomic E-state index is -1.02. The Kier molecular flexibility index (Phi) is 6.36. The molecule has 0 saturated carbocycles. The molecule has 0 spiro atoms. The van der Waals surface area contributed by atoms with Gasteiger partial charge in [0.05, 0.1) is 19.4 Å². The molecule has 1 unspecified atom stereocenters. The summed E-state index contributed by atoms with van der Waals surface area (Å²) in [5.74, 6) is -2.93. The van der Waals surface area contributed by atoms with E-state index in [0.29, 0.717) is 0 Å². The van der Waals surface area contributed by atoms with E-state index >= 15 is 0 Å². The Hall–Kier alpha value is -1.59. The van der Waals surface area contributed by atoms with Crippen LogP contribution in [0.2, 0.25) is 0 Å². The topological polar surface area (TPSA) is 89.9 Å². The van der Waals surface area contributed by atoms with Crippen LogP contribution in [-0.2, 0) is 23.9 Å². The first kappa shape index (κ1) is 16.4. The molecular formula is C12H20O6. The molecule has 0 fully saturated rings. The van der Waals surface area contributed by atoms with Crippen LogP contribution in [0.5, 0.6) is 0 Å². The van der Waals surface area contributed by atoms with E-state index in [0.717, 1.165) is 0 Å². The van der Waals surface area contributed by atoms with Gasteiger partial charge in [-0.3, -0.25) is 14.4 Å². The Labute approximate surface area is 106 Å². The van der Waals surface area contributed by atoms with Gasteiger partial charge in [0.15, 0.2) is 0 Å². The zero-order chi connectivity index (χ0) is 14.3. The average Bonchev–Trinajstić information content (AvgIpc) is 2.20. The van der Waals surface area contributed by atoms with E-state index in [9.17, 15) is 14.4 Å². The summed E-state index contributed by atoms with van der Waals surface area (Å²) in [6, 6.07) is 0. The van der Waals surface area contributed by atoms with Gasteiger partial charge in [-0.15, -0.1) is 0 Å². The van der Waals surface area contributed by atoms with Crippen LogP contribution in [0.25, 0.3) is 0 Å². The van der Waals surface area contributed by atoms with Crippen LogP contribution in [0.4, 0.5) is 0 Å². The number of esters is 2. The fourth-order valence-electron chi connectivity index (χ4n) is 1.35. The molecule has 0 saturated heterocycles. The summed E-state index contributed by atoms with van der Waals surface area (Å²) in [5.41, 5.74) is -0.634. The van der Waals surface area contributed by atoms with Gasteiger partial charge in [0.25, 0.3) is 0 Å². The van der Waals surface area contributed by atoms with E-state index < -0.39 is 29.4 Å². The van der Waals surface area contributed by atoms with Crippen molar-refractivity contribution in [2.24, 2.45) is 5.92 Å². The first-order valence-electron chi connectivity index (χ1n) is 5.67. The smallest absolute Gasteiger partial charge is 0.309 e. The van der Waals surface area contributed by atoms with E-state index in [2.05, 4.69) is 4.74 Å². The van der Waals surface area contributed by atoms with Gasteiger partial charge in [-0.25, -0.2) is 0 Å². The lowest BCUT2D eigenvalue weighted by atomic mass is 9.99. The van der Waals surface area contributed by atoms with Crippen LogP contribution in [0.1, 0.15) is 40.0 Å². The van der Waals surface area contributed by atoms with E-state index in [4.69, 9.17) is 9.84 Å². The summed E-state index contributed by atoms with van der Waals surface area (Å²) in [6.07, 6.45) is -0.305. The summed E-state index contributed by atoms with van der Waals surface area (Å²) in [5, 5.41) is 8.57. The molecule has 1 atom stereocenters.